The van der Waals surface area contributed by atoms with E-state index in [1.165, 1.54) is 5.56 Å². The summed E-state index contributed by atoms with van der Waals surface area (Å²) in [5, 5.41) is 0. The number of nitrogens with one attached hydrogen (secondary N) is 1. The molecule has 0 aliphatic carbocycles. The second-order valence-electron chi connectivity index (χ2n) is 2.81. The van der Waals surface area contributed by atoms with Crippen LogP contribution in [0.15, 0.2) is 24.3 Å². The number of halogens is 1. The minimum atomic E-state index is 0. The van der Waals surface area contributed by atoms with Crippen LogP contribution in [0, 0.1) is 0 Å². The van der Waals surface area contributed by atoms with Gasteiger partial charge in [0.25, 0.3) is 0 Å². The van der Waals surface area contributed by atoms with Gasteiger partial charge in [-0.2, -0.15) is 0 Å². The summed E-state index contributed by atoms with van der Waals surface area (Å²) >= 11 is 0. The average molecular weight is 183 g/mol. The van der Waals surface area contributed by atoms with Crippen molar-refractivity contribution in [3.8, 4) is 0 Å². The van der Waals surface area contributed by atoms with Gasteiger partial charge in [0.15, 0.2) is 0 Å². The van der Waals surface area contributed by atoms with E-state index in [1.54, 1.807) is 0 Å². The van der Waals surface area contributed by atoms with Crippen LogP contribution in [0.25, 0.3) is 0 Å². The Kier molecular flexibility index (Phi) is 2.71. The zero-order valence-electron chi connectivity index (χ0n) is 6.68. The van der Waals surface area contributed by atoms with Crippen LogP contribution in [0.1, 0.15) is 12.0 Å². The lowest BCUT2D eigenvalue weighted by molar-refractivity contribution is -0.359. The lowest BCUT2D eigenvalue weighted by Crippen LogP contribution is -3.00. The topological polar surface area (TPSA) is 40.0 Å². The Bertz CT molecular complexity index is 307. The quantitative estimate of drug-likeness (QED) is 0.434. The fourth-order valence-corrected chi connectivity index (χ4v) is 1.37. The first-order valence-corrected chi connectivity index (χ1v) is 3.82. The number of benzene rings is 1. The molecule has 1 aromatic rings. The Morgan fingerprint density at radius 3 is 2.75 bits per heavy atom. The van der Waals surface area contributed by atoms with E-state index in [0.29, 0.717) is 0 Å². The number of hydrogen-bond donors (Lipinski definition) is 2. The Hall–Kier alpha value is -1.02. The summed E-state index contributed by atoms with van der Waals surface area (Å²) in [7, 11) is 0. The van der Waals surface area contributed by atoms with Crippen LogP contribution in [-0.2, 0) is 6.42 Å². The van der Waals surface area contributed by atoms with E-state index in [0.717, 1.165) is 24.4 Å². The monoisotopic (exact) mass is 182 g/mol. The van der Waals surface area contributed by atoms with E-state index in [9.17, 15) is 0 Å². The van der Waals surface area contributed by atoms with E-state index in [2.05, 4.69) is 23.2 Å². The van der Waals surface area contributed by atoms with Crippen molar-refractivity contribution in [1.29, 1.82) is 0 Å². The molecule has 1 heterocycles. The van der Waals surface area contributed by atoms with Gasteiger partial charge in [-0.05, 0) is 18.1 Å². The van der Waals surface area contributed by atoms with E-state index >= 15 is 0 Å². The molecule has 0 atom stereocenters. The molecule has 2 rings (SSSR count). The van der Waals surface area contributed by atoms with Crippen molar-refractivity contribution >= 4 is 11.5 Å². The van der Waals surface area contributed by atoms with Crippen molar-refractivity contribution in [2.75, 3.05) is 0 Å². The van der Waals surface area contributed by atoms with Gasteiger partial charge in [0.05, 0.1) is 6.42 Å². The number of amidine groups is 1. The average Bonchev–Trinajstić information content (AvgIpc) is 2.04. The molecule has 0 spiro atoms. The number of aryl methyl sites for hydroxylation is 1. The van der Waals surface area contributed by atoms with Crippen molar-refractivity contribution in [2.45, 2.75) is 12.8 Å². The molecule has 1 aliphatic rings. The van der Waals surface area contributed by atoms with Crippen LogP contribution in [0.4, 0.5) is 5.69 Å². The predicted octanol–water partition coefficient (Wildman–Crippen LogP) is -3.29. The number of nitrogens with two attached hydrogens (primary N) is 1. The van der Waals surface area contributed by atoms with Gasteiger partial charge in [0.1, 0.15) is 5.69 Å². The number of hydrogen-bond acceptors (Lipinski definition) is 1. The molecule has 12 heavy (non-hydrogen) atoms. The van der Waals surface area contributed by atoms with Gasteiger partial charge in [-0.1, -0.05) is 18.2 Å². The van der Waals surface area contributed by atoms with Crippen molar-refractivity contribution in [1.82, 2.24) is 0 Å². The molecule has 0 amide bonds. The number of para-hydroxylation sites is 1. The predicted molar refractivity (Wildman–Crippen MR) is 44.6 cm³/mol. The SMILES string of the molecule is NC1=[NH+]c2ccccc2CC1.[Cl-]. The van der Waals surface area contributed by atoms with Crippen LogP contribution in [0.2, 0.25) is 0 Å². The fraction of sp³-hybridized carbons (Fsp3) is 0.222. The molecule has 0 bridgehead atoms. The highest BCUT2D eigenvalue weighted by Crippen LogP contribution is 2.12. The number of rotatable bonds is 0. The van der Waals surface area contributed by atoms with E-state index < -0.39 is 0 Å². The molecule has 0 saturated heterocycles. The second kappa shape index (κ2) is 3.59. The third-order valence-corrected chi connectivity index (χ3v) is 1.98. The van der Waals surface area contributed by atoms with E-state index in [4.69, 9.17) is 5.73 Å². The molecule has 0 unspecified atom stereocenters. The van der Waals surface area contributed by atoms with Crippen molar-refractivity contribution < 1.29 is 17.4 Å². The Morgan fingerprint density at radius 1 is 1.17 bits per heavy atom. The first kappa shape index (κ1) is 9.07. The summed E-state index contributed by atoms with van der Waals surface area (Å²) in [5.41, 5.74) is 8.18. The van der Waals surface area contributed by atoms with Gasteiger partial charge in [-0.25, -0.2) is 4.99 Å². The summed E-state index contributed by atoms with van der Waals surface area (Å²) in [6, 6.07) is 8.27. The zero-order chi connectivity index (χ0) is 7.68. The van der Waals surface area contributed by atoms with Crippen molar-refractivity contribution in [3.05, 3.63) is 29.8 Å². The standard InChI is InChI=1S/C9H10N2.ClH/c10-9-6-5-7-3-1-2-4-8(7)11-9;/h1-4H,5-6H2,(H2,10,11);1H. The summed E-state index contributed by atoms with van der Waals surface area (Å²) in [6.07, 6.45) is 2.02. The molecule has 0 saturated carbocycles. The van der Waals surface area contributed by atoms with Gasteiger partial charge in [0.2, 0.25) is 5.84 Å². The zero-order valence-corrected chi connectivity index (χ0v) is 7.43. The minimum absolute atomic E-state index is 0. The van der Waals surface area contributed by atoms with Gasteiger partial charge in [-0.3, -0.25) is 5.73 Å². The molecular weight excluding hydrogens is 172 g/mol. The molecule has 64 valence electrons. The van der Waals surface area contributed by atoms with Crippen molar-refractivity contribution in [2.24, 2.45) is 5.73 Å². The lowest BCUT2D eigenvalue weighted by Gasteiger charge is -2.07. The fourth-order valence-electron chi connectivity index (χ4n) is 1.37. The first-order valence-electron chi connectivity index (χ1n) is 3.82. The Morgan fingerprint density at radius 2 is 1.92 bits per heavy atom. The Balaban J connectivity index is 0.000000720. The van der Waals surface area contributed by atoms with Crippen LogP contribution in [-0.4, -0.2) is 5.84 Å². The third kappa shape index (κ3) is 1.59. The van der Waals surface area contributed by atoms with Crippen LogP contribution in [0.3, 0.4) is 0 Å². The summed E-state index contributed by atoms with van der Waals surface area (Å²) in [5.74, 6) is 0.878. The highest BCUT2D eigenvalue weighted by Gasteiger charge is 2.11. The molecule has 0 aromatic heterocycles. The van der Waals surface area contributed by atoms with Gasteiger partial charge < -0.3 is 12.4 Å². The molecule has 3 heteroatoms. The Labute approximate surface area is 77.9 Å². The normalized spacial score (nSPS) is 14.2. The van der Waals surface area contributed by atoms with Crippen LogP contribution < -0.4 is 23.1 Å². The van der Waals surface area contributed by atoms with Crippen LogP contribution >= 0.6 is 0 Å². The van der Waals surface area contributed by atoms with Crippen molar-refractivity contribution in [3.63, 3.8) is 0 Å². The molecule has 0 radical (unpaired) electrons. The summed E-state index contributed by atoms with van der Waals surface area (Å²) in [4.78, 5) is 3.15. The van der Waals surface area contributed by atoms with Gasteiger partial charge >= 0.3 is 0 Å². The highest BCUT2D eigenvalue weighted by atomic mass is 35.5. The molecule has 1 aliphatic heterocycles. The van der Waals surface area contributed by atoms with Gasteiger partial charge in [0, 0.05) is 0 Å². The molecule has 1 aromatic carbocycles. The maximum atomic E-state index is 5.66. The molecule has 2 nitrogen and oxygen atoms in total. The maximum Gasteiger partial charge on any atom is 0.245 e. The largest absolute Gasteiger partial charge is 1.00 e. The second-order valence-corrected chi connectivity index (χ2v) is 2.81. The summed E-state index contributed by atoms with van der Waals surface area (Å²) < 4.78 is 0. The molecule has 3 N–H and O–H groups in total. The van der Waals surface area contributed by atoms with E-state index in [1.807, 2.05) is 6.07 Å². The highest BCUT2D eigenvalue weighted by molar-refractivity contribution is 5.77. The smallest absolute Gasteiger partial charge is 0.245 e. The number of fused-ring (bicyclic) bond motifs is 1. The summed E-state index contributed by atoms with van der Waals surface area (Å²) in [6.45, 7) is 0. The minimum Gasteiger partial charge on any atom is -1.00 e. The third-order valence-electron chi connectivity index (χ3n) is 1.98. The molecular formula is C9H11ClN2. The first-order chi connectivity index (χ1) is 5.36. The lowest BCUT2D eigenvalue weighted by atomic mass is 10.0. The molecule has 0 fully saturated rings. The van der Waals surface area contributed by atoms with E-state index in [-0.39, 0.29) is 12.4 Å². The van der Waals surface area contributed by atoms with Gasteiger partial charge in [-0.15, -0.1) is 0 Å². The maximum absolute atomic E-state index is 5.66. The van der Waals surface area contributed by atoms with Crippen LogP contribution in [0.5, 0.6) is 0 Å².